The summed E-state index contributed by atoms with van der Waals surface area (Å²) in [5.74, 6) is 0.180. The number of aryl methyl sites for hydroxylation is 1. The standard InChI is InChI=1S/C19H22O/c1-14-7-5-9-16(11-14)18(20)13-15-8-6-10-17(12-15)19(2,3)4/h5-12H,13H2,1-4H3. The molecule has 0 atom stereocenters. The minimum absolute atomic E-state index is 0.113. The summed E-state index contributed by atoms with van der Waals surface area (Å²) in [5, 5.41) is 0. The first kappa shape index (κ1) is 14.5. The van der Waals surface area contributed by atoms with Gasteiger partial charge in [0.2, 0.25) is 0 Å². The Morgan fingerprint density at radius 1 is 1.00 bits per heavy atom. The number of benzene rings is 2. The Balaban J connectivity index is 2.20. The third-order valence-corrected chi connectivity index (χ3v) is 3.50. The van der Waals surface area contributed by atoms with Gasteiger partial charge in [0.25, 0.3) is 0 Å². The van der Waals surface area contributed by atoms with Crippen LogP contribution in [-0.2, 0) is 11.8 Å². The average Bonchev–Trinajstić information content (AvgIpc) is 2.38. The van der Waals surface area contributed by atoms with Gasteiger partial charge in [-0.05, 0) is 29.5 Å². The van der Waals surface area contributed by atoms with Crippen molar-refractivity contribution in [3.05, 3.63) is 70.8 Å². The maximum absolute atomic E-state index is 12.3. The minimum atomic E-state index is 0.113. The molecule has 1 nitrogen and oxygen atoms in total. The van der Waals surface area contributed by atoms with E-state index in [4.69, 9.17) is 0 Å². The molecule has 0 spiro atoms. The van der Waals surface area contributed by atoms with E-state index >= 15 is 0 Å². The van der Waals surface area contributed by atoms with Crippen LogP contribution in [0, 0.1) is 6.92 Å². The van der Waals surface area contributed by atoms with E-state index in [-0.39, 0.29) is 11.2 Å². The van der Waals surface area contributed by atoms with E-state index in [0.29, 0.717) is 6.42 Å². The van der Waals surface area contributed by atoms with E-state index in [1.165, 1.54) is 5.56 Å². The molecule has 0 unspecified atom stereocenters. The SMILES string of the molecule is Cc1cccc(C(=O)Cc2cccc(C(C)(C)C)c2)c1. The van der Waals surface area contributed by atoms with Crippen LogP contribution in [0.5, 0.6) is 0 Å². The van der Waals surface area contributed by atoms with Crippen molar-refractivity contribution in [3.8, 4) is 0 Å². The van der Waals surface area contributed by atoms with Crippen molar-refractivity contribution in [1.29, 1.82) is 0 Å². The molecule has 0 aliphatic heterocycles. The van der Waals surface area contributed by atoms with Gasteiger partial charge in [-0.1, -0.05) is 68.8 Å². The van der Waals surface area contributed by atoms with Gasteiger partial charge < -0.3 is 0 Å². The van der Waals surface area contributed by atoms with Gasteiger partial charge in [0, 0.05) is 12.0 Å². The molecule has 0 radical (unpaired) electrons. The molecule has 1 heteroatoms. The van der Waals surface area contributed by atoms with Crippen molar-refractivity contribution in [1.82, 2.24) is 0 Å². The van der Waals surface area contributed by atoms with E-state index in [2.05, 4.69) is 32.9 Å². The van der Waals surface area contributed by atoms with Gasteiger partial charge in [0.05, 0.1) is 0 Å². The van der Waals surface area contributed by atoms with Crippen LogP contribution in [0.25, 0.3) is 0 Å². The summed E-state index contributed by atoms with van der Waals surface area (Å²) in [6.45, 7) is 8.58. The molecule has 0 heterocycles. The summed E-state index contributed by atoms with van der Waals surface area (Å²) in [7, 11) is 0. The Morgan fingerprint density at radius 3 is 2.35 bits per heavy atom. The fraction of sp³-hybridized carbons (Fsp3) is 0.316. The first-order valence-corrected chi connectivity index (χ1v) is 7.05. The number of carbonyl (C=O) groups is 1. The summed E-state index contributed by atoms with van der Waals surface area (Å²) in [5.41, 5.74) is 4.39. The zero-order valence-electron chi connectivity index (χ0n) is 12.7. The highest BCUT2D eigenvalue weighted by Crippen LogP contribution is 2.23. The lowest BCUT2D eigenvalue weighted by Crippen LogP contribution is -2.12. The summed E-state index contributed by atoms with van der Waals surface area (Å²) in [6, 6.07) is 16.1. The van der Waals surface area contributed by atoms with Crippen molar-refractivity contribution in [2.75, 3.05) is 0 Å². The van der Waals surface area contributed by atoms with Crippen LogP contribution in [0.4, 0.5) is 0 Å². The molecular weight excluding hydrogens is 244 g/mol. The number of hydrogen-bond acceptors (Lipinski definition) is 1. The molecule has 0 aliphatic carbocycles. The van der Waals surface area contributed by atoms with E-state index in [1.54, 1.807) is 0 Å². The Labute approximate surface area is 121 Å². The quantitative estimate of drug-likeness (QED) is 0.735. The molecule has 2 rings (SSSR count). The fourth-order valence-electron chi connectivity index (χ4n) is 2.25. The van der Waals surface area contributed by atoms with Gasteiger partial charge in [0.1, 0.15) is 0 Å². The Morgan fingerprint density at radius 2 is 1.70 bits per heavy atom. The normalized spacial score (nSPS) is 11.4. The summed E-state index contributed by atoms with van der Waals surface area (Å²) < 4.78 is 0. The minimum Gasteiger partial charge on any atom is -0.294 e. The highest BCUT2D eigenvalue weighted by atomic mass is 16.1. The average molecular weight is 266 g/mol. The van der Waals surface area contributed by atoms with Crippen LogP contribution in [0.3, 0.4) is 0 Å². The predicted molar refractivity (Wildman–Crippen MR) is 84.4 cm³/mol. The van der Waals surface area contributed by atoms with Gasteiger partial charge in [-0.25, -0.2) is 0 Å². The number of carbonyl (C=O) groups excluding carboxylic acids is 1. The first-order chi connectivity index (χ1) is 9.36. The monoisotopic (exact) mass is 266 g/mol. The third kappa shape index (κ3) is 3.57. The molecule has 0 N–H and O–H groups in total. The summed E-state index contributed by atoms with van der Waals surface area (Å²) in [4.78, 5) is 12.3. The molecule has 0 aliphatic rings. The van der Waals surface area contributed by atoms with Crippen molar-refractivity contribution >= 4 is 5.78 Å². The van der Waals surface area contributed by atoms with E-state index < -0.39 is 0 Å². The molecule has 0 bridgehead atoms. The molecule has 0 fully saturated rings. The van der Waals surface area contributed by atoms with Crippen molar-refractivity contribution in [3.63, 3.8) is 0 Å². The second kappa shape index (κ2) is 5.62. The molecular formula is C19H22O. The van der Waals surface area contributed by atoms with Gasteiger partial charge in [-0.15, -0.1) is 0 Å². The topological polar surface area (TPSA) is 17.1 Å². The lowest BCUT2D eigenvalue weighted by atomic mass is 9.85. The smallest absolute Gasteiger partial charge is 0.167 e. The summed E-state index contributed by atoms with van der Waals surface area (Å²) in [6.07, 6.45) is 0.466. The maximum atomic E-state index is 12.3. The van der Waals surface area contributed by atoms with Gasteiger partial charge in [0.15, 0.2) is 5.78 Å². The third-order valence-electron chi connectivity index (χ3n) is 3.50. The van der Waals surface area contributed by atoms with Crippen molar-refractivity contribution < 1.29 is 4.79 Å². The Kier molecular flexibility index (Phi) is 4.08. The Hall–Kier alpha value is -1.89. The molecule has 0 amide bonds. The predicted octanol–water partition coefficient (Wildman–Crippen LogP) is 4.72. The van der Waals surface area contributed by atoms with Gasteiger partial charge >= 0.3 is 0 Å². The van der Waals surface area contributed by atoms with Crippen LogP contribution >= 0.6 is 0 Å². The van der Waals surface area contributed by atoms with Crippen LogP contribution in [0.1, 0.15) is 47.8 Å². The number of Topliss-reactive ketones (excluding diaryl/α,β-unsaturated/α-hetero) is 1. The molecule has 2 aromatic rings. The van der Waals surface area contributed by atoms with Crippen LogP contribution in [0.2, 0.25) is 0 Å². The highest BCUT2D eigenvalue weighted by Gasteiger charge is 2.14. The molecule has 0 aromatic heterocycles. The lowest BCUT2D eigenvalue weighted by Gasteiger charge is -2.19. The Bertz CT molecular complexity index is 618. The summed E-state index contributed by atoms with van der Waals surface area (Å²) >= 11 is 0. The zero-order valence-corrected chi connectivity index (χ0v) is 12.7. The largest absolute Gasteiger partial charge is 0.294 e. The maximum Gasteiger partial charge on any atom is 0.167 e. The molecule has 0 saturated carbocycles. The van der Waals surface area contributed by atoms with Gasteiger partial charge in [-0.2, -0.15) is 0 Å². The second-order valence-electron chi connectivity index (χ2n) is 6.42. The second-order valence-corrected chi connectivity index (χ2v) is 6.42. The lowest BCUT2D eigenvalue weighted by molar-refractivity contribution is 0.0993. The zero-order chi connectivity index (χ0) is 14.8. The van der Waals surface area contributed by atoms with Crippen LogP contribution in [0.15, 0.2) is 48.5 Å². The number of rotatable bonds is 3. The molecule has 0 saturated heterocycles. The number of ketones is 1. The molecule has 20 heavy (non-hydrogen) atoms. The van der Waals surface area contributed by atoms with Crippen LogP contribution < -0.4 is 0 Å². The molecule has 2 aromatic carbocycles. The van der Waals surface area contributed by atoms with Gasteiger partial charge in [-0.3, -0.25) is 4.79 Å². The van der Waals surface area contributed by atoms with E-state index in [0.717, 1.165) is 16.7 Å². The first-order valence-electron chi connectivity index (χ1n) is 7.05. The van der Waals surface area contributed by atoms with Crippen molar-refractivity contribution in [2.24, 2.45) is 0 Å². The van der Waals surface area contributed by atoms with E-state index in [1.807, 2.05) is 43.3 Å². The highest BCUT2D eigenvalue weighted by molar-refractivity contribution is 5.97. The van der Waals surface area contributed by atoms with E-state index in [9.17, 15) is 4.79 Å². The molecule has 104 valence electrons. The fourth-order valence-corrected chi connectivity index (χ4v) is 2.25. The van der Waals surface area contributed by atoms with Crippen molar-refractivity contribution in [2.45, 2.75) is 39.5 Å². The number of hydrogen-bond donors (Lipinski definition) is 0. The van der Waals surface area contributed by atoms with Crippen LogP contribution in [-0.4, -0.2) is 5.78 Å².